The average Bonchev–Trinajstić information content (AvgIpc) is 3.95. The SMILES string of the molecule is COc1cccc(C(=O)O[C@@H]2C[C@H]3C(=O)N[C@]4(C(=O)NS(=O)(=O)C5CC5)C[C@@H]4/C=C\COCCC[C@H](NC(=O)OC(C)(C)C)C(=O)N3C2)c1. The molecule has 1 saturated heterocycles. The van der Waals surface area contributed by atoms with Gasteiger partial charge in [0.25, 0.3) is 5.91 Å². The zero-order valence-electron chi connectivity index (χ0n) is 28.1. The van der Waals surface area contributed by atoms with Crippen LogP contribution in [-0.2, 0) is 38.6 Å². The number of rotatable bonds is 7. The Labute approximate surface area is 285 Å². The molecule has 0 unspecified atom stereocenters. The number of hydrogen-bond acceptors (Lipinski definition) is 11. The van der Waals surface area contributed by atoms with Crippen molar-refractivity contribution in [3.05, 3.63) is 42.0 Å². The van der Waals surface area contributed by atoms with Crippen LogP contribution < -0.4 is 20.1 Å². The van der Waals surface area contributed by atoms with Crippen molar-refractivity contribution in [2.75, 3.05) is 26.9 Å². The Hall–Kier alpha value is -4.18. The van der Waals surface area contributed by atoms with E-state index in [1.54, 1.807) is 51.1 Å². The molecule has 0 spiro atoms. The van der Waals surface area contributed by atoms with E-state index >= 15 is 0 Å². The zero-order valence-corrected chi connectivity index (χ0v) is 28.9. The number of hydrogen-bond donors (Lipinski definition) is 3. The number of sulfonamides is 1. The summed E-state index contributed by atoms with van der Waals surface area (Å²) in [5, 5.41) is 4.70. The van der Waals surface area contributed by atoms with Crippen molar-refractivity contribution in [1.82, 2.24) is 20.3 Å². The first kappa shape index (κ1) is 36.1. The molecule has 2 saturated carbocycles. The van der Waals surface area contributed by atoms with E-state index in [1.165, 1.54) is 18.1 Å². The van der Waals surface area contributed by atoms with E-state index in [4.69, 9.17) is 18.9 Å². The summed E-state index contributed by atoms with van der Waals surface area (Å²) >= 11 is 0. The lowest BCUT2D eigenvalue weighted by molar-refractivity contribution is -0.141. The third-order valence-corrected chi connectivity index (χ3v) is 10.6. The Morgan fingerprint density at radius 1 is 1.12 bits per heavy atom. The number of carbonyl (C=O) groups is 5. The molecule has 4 amide bonds. The minimum atomic E-state index is -3.93. The number of fused-ring (bicyclic) bond motifs is 2. The quantitative estimate of drug-likeness (QED) is 0.275. The molecule has 268 valence electrons. The second kappa shape index (κ2) is 14.4. The van der Waals surface area contributed by atoms with Gasteiger partial charge >= 0.3 is 12.1 Å². The molecule has 16 heteroatoms. The maximum absolute atomic E-state index is 14.2. The maximum Gasteiger partial charge on any atom is 0.408 e. The van der Waals surface area contributed by atoms with E-state index in [2.05, 4.69) is 15.4 Å². The third-order valence-electron chi connectivity index (χ3n) is 8.74. The van der Waals surface area contributed by atoms with Gasteiger partial charge in [-0.05, 0) is 71.1 Å². The highest BCUT2D eigenvalue weighted by Gasteiger charge is 2.62. The number of nitrogens with one attached hydrogen (secondary N) is 3. The van der Waals surface area contributed by atoms with Crippen molar-refractivity contribution in [3.8, 4) is 5.75 Å². The first-order valence-electron chi connectivity index (χ1n) is 16.4. The molecular weight excluding hydrogens is 660 g/mol. The molecule has 1 aromatic carbocycles. The Morgan fingerprint density at radius 3 is 2.57 bits per heavy atom. The number of carbonyl (C=O) groups excluding carboxylic acids is 5. The molecular formula is C33H44N4O11S. The fourth-order valence-corrected chi connectivity index (χ4v) is 7.34. The predicted molar refractivity (Wildman–Crippen MR) is 174 cm³/mol. The van der Waals surface area contributed by atoms with Gasteiger partial charge in [0.2, 0.25) is 21.8 Å². The van der Waals surface area contributed by atoms with Crippen molar-refractivity contribution < 1.29 is 51.3 Å². The molecule has 15 nitrogen and oxygen atoms in total. The van der Waals surface area contributed by atoms with E-state index in [1.807, 2.05) is 0 Å². The van der Waals surface area contributed by atoms with Crippen LogP contribution in [0.5, 0.6) is 5.75 Å². The zero-order chi connectivity index (χ0) is 35.6. The molecule has 5 atom stereocenters. The highest BCUT2D eigenvalue weighted by Crippen LogP contribution is 2.46. The van der Waals surface area contributed by atoms with E-state index in [9.17, 15) is 32.4 Å². The van der Waals surface area contributed by atoms with E-state index in [0.29, 0.717) is 25.0 Å². The first-order valence-corrected chi connectivity index (χ1v) is 17.9. The highest BCUT2D eigenvalue weighted by molar-refractivity contribution is 7.91. The second-order valence-electron chi connectivity index (χ2n) is 13.8. The Morgan fingerprint density at radius 2 is 1.88 bits per heavy atom. The van der Waals surface area contributed by atoms with Crippen molar-refractivity contribution in [2.45, 2.75) is 93.9 Å². The van der Waals surface area contributed by atoms with Gasteiger partial charge in [0.1, 0.15) is 35.1 Å². The summed E-state index contributed by atoms with van der Waals surface area (Å²) in [5.41, 5.74) is -2.24. The van der Waals surface area contributed by atoms with Gasteiger partial charge in [-0.25, -0.2) is 18.0 Å². The van der Waals surface area contributed by atoms with Gasteiger partial charge in [0.15, 0.2) is 0 Å². The van der Waals surface area contributed by atoms with Crippen molar-refractivity contribution in [2.24, 2.45) is 5.92 Å². The van der Waals surface area contributed by atoms with Crippen LogP contribution in [0.3, 0.4) is 0 Å². The van der Waals surface area contributed by atoms with E-state index in [0.717, 1.165) is 0 Å². The van der Waals surface area contributed by atoms with Crippen LogP contribution in [-0.4, -0.2) is 105 Å². The fourth-order valence-electron chi connectivity index (χ4n) is 5.98. The summed E-state index contributed by atoms with van der Waals surface area (Å²) in [6.45, 7) is 5.27. The molecule has 3 fully saturated rings. The topological polar surface area (TPSA) is 196 Å². The number of amides is 4. The molecule has 4 aliphatic rings. The standard InChI is InChI=1S/C33H44N4O11S/c1-32(2,3)48-31(42)34-25-11-7-15-46-14-6-9-21-18-33(21,30(41)36-49(43,44)24-12-13-24)35-27(38)26-17-23(19-37(26)28(25)39)47-29(40)20-8-5-10-22(16-20)45-4/h5-6,8-10,16,21,23-26H,7,11-15,17-19H2,1-4H3,(H,34,42)(H,35,38)(H,36,41)/b9-6-/t21-,23+,25-,26-,33+/m0/s1. The van der Waals surface area contributed by atoms with Gasteiger partial charge in [0.05, 0.1) is 31.1 Å². The van der Waals surface area contributed by atoms with Crippen LogP contribution in [0.25, 0.3) is 0 Å². The van der Waals surface area contributed by atoms with Crippen LogP contribution >= 0.6 is 0 Å². The van der Waals surface area contributed by atoms with Crippen LogP contribution in [0.2, 0.25) is 0 Å². The van der Waals surface area contributed by atoms with Gasteiger partial charge in [-0.3, -0.25) is 19.1 Å². The Kier molecular flexibility index (Phi) is 10.6. The first-order chi connectivity index (χ1) is 23.1. The minimum Gasteiger partial charge on any atom is -0.497 e. The van der Waals surface area contributed by atoms with Gasteiger partial charge < -0.3 is 34.5 Å². The second-order valence-corrected chi connectivity index (χ2v) is 15.8. The lowest BCUT2D eigenvalue weighted by atomic mass is 10.1. The molecule has 2 aliphatic heterocycles. The van der Waals surface area contributed by atoms with E-state index in [-0.39, 0.29) is 44.6 Å². The van der Waals surface area contributed by atoms with Gasteiger partial charge in [-0.1, -0.05) is 18.2 Å². The molecule has 0 bridgehead atoms. The normalized spacial score (nSPS) is 28.4. The van der Waals surface area contributed by atoms with Crippen molar-refractivity contribution in [3.63, 3.8) is 0 Å². The van der Waals surface area contributed by atoms with Crippen molar-refractivity contribution >= 4 is 39.8 Å². The summed E-state index contributed by atoms with van der Waals surface area (Å²) in [7, 11) is -2.47. The summed E-state index contributed by atoms with van der Waals surface area (Å²) in [6, 6.07) is 3.97. The molecule has 49 heavy (non-hydrogen) atoms. The average molecular weight is 705 g/mol. The third kappa shape index (κ3) is 8.90. The monoisotopic (exact) mass is 704 g/mol. The smallest absolute Gasteiger partial charge is 0.408 e. The molecule has 0 radical (unpaired) electrons. The lowest BCUT2D eigenvalue weighted by Crippen LogP contribution is -2.58. The number of methoxy groups -OCH3 is 1. The number of nitrogens with zero attached hydrogens (tertiary/aromatic N) is 1. The van der Waals surface area contributed by atoms with Crippen LogP contribution in [0.1, 0.15) is 69.7 Å². The molecule has 3 N–H and O–H groups in total. The van der Waals surface area contributed by atoms with Crippen LogP contribution in [0.15, 0.2) is 36.4 Å². The molecule has 2 heterocycles. The number of ether oxygens (including phenoxy) is 4. The Balaban J connectivity index is 1.43. The summed E-state index contributed by atoms with van der Waals surface area (Å²) < 4.78 is 49.6. The van der Waals surface area contributed by atoms with Gasteiger partial charge in [-0.15, -0.1) is 0 Å². The van der Waals surface area contributed by atoms with Crippen molar-refractivity contribution in [1.29, 1.82) is 0 Å². The maximum atomic E-state index is 14.2. The largest absolute Gasteiger partial charge is 0.497 e. The van der Waals surface area contributed by atoms with Crippen LogP contribution in [0, 0.1) is 5.92 Å². The minimum absolute atomic E-state index is 0.117. The molecule has 5 rings (SSSR count). The van der Waals surface area contributed by atoms with Crippen LogP contribution in [0.4, 0.5) is 4.79 Å². The highest BCUT2D eigenvalue weighted by atomic mass is 32.2. The summed E-state index contributed by atoms with van der Waals surface area (Å²) in [5.74, 6) is -3.02. The lowest BCUT2D eigenvalue weighted by Gasteiger charge is -2.30. The predicted octanol–water partition coefficient (Wildman–Crippen LogP) is 1.56. The summed E-state index contributed by atoms with van der Waals surface area (Å²) in [6.07, 6.45) is 3.03. The fraction of sp³-hybridized carbons (Fsp3) is 0.606. The number of esters is 1. The number of benzene rings is 1. The Bertz CT molecular complexity index is 1600. The number of alkyl carbamates (subject to hydrolysis) is 1. The van der Waals surface area contributed by atoms with Gasteiger partial charge in [0, 0.05) is 18.9 Å². The summed E-state index contributed by atoms with van der Waals surface area (Å²) in [4.78, 5) is 68.9. The molecule has 0 aromatic heterocycles. The molecule has 1 aromatic rings. The molecule has 2 aliphatic carbocycles. The van der Waals surface area contributed by atoms with Gasteiger partial charge in [-0.2, -0.15) is 0 Å². The van der Waals surface area contributed by atoms with E-state index < -0.39 is 80.3 Å².